The van der Waals surface area contributed by atoms with E-state index in [4.69, 9.17) is 4.52 Å². The number of anilines is 1. The van der Waals surface area contributed by atoms with Crippen molar-refractivity contribution in [2.24, 2.45) is 10.2 Å². The Hall–Kier alpha value is -3.37. The lowest BCUT2D eigenvalue weighted by Gasteiger charge is -2.23. The fourth-order valence-corrected chi connectivity index (χ4v) is 5.65. The number of carbonyl (C=O) groups is 1. The van der Waals surface area contributed by atoms with Gasteiger partial charge in [0.2, 0.25) is 15.9 Å². The maximum Gasteiger partial charge on any atom is 0.249 e. The molecule has 0 bridgehead atoms. The van der Waals surface area contributed by atoms with Crippen molar-refractivity contribution in [3.05, 3.63) is 66.1 Å². The van der Waals surface area contributed by atoms with Crippen molar-refractivity contribution in [3.8, 4) is 0 Å². The van der Waals surface area contributed by atoms with Gasteiger partial charge in [0.25, 0.3) is 0 Å². The molecule has 1 atom stereocenters. The van der Waals surface area contributed by atoms with Gasteiger partial charge in [0, 0.05) is 12.2 Å². The van der Waals surface area contributed by atoms with Crippen molar-refractivity contribution in [2.45, 2.75) is 37.6 Å². The highest BCUT2D eigenvalue weighted by atomic mass is 32.2. The van der Waals surface area contributed by atoms with E-state index < -0.39 is 16.1 Å². The third kappa shape index (κ3) is 4.46. The number of amides is 1. The minimum atomic E-state index is -3.89. The number of hydrogen-bond acceptors (Lipinski definition) is 7. The lowest BCUT2D eigenvalue weighted by molar-refractivity contribution is -0.119. The number of rotatable bonds is 6. The fraction of sp³-hybridized carbons (Fsp3) is 0.273. The molecule has 10 heteroatoms. The first-order chi connectivity index (χ1) is 15.4. The summed E-state index contributed by atoms with van der Waals surface area (Å²) in [4.78, 5) is 12.9. The minimum absolute atomic E-state index is 0.0327. The van der Waals surface area contributed by atoms with Crippen LogP contribution in [-0.4, -0.2) is 36.4 Å². The lowest BCUT2D eigenvalue weighted by atomic mass is 10.2. The molecule has 0 unspecified atom stereocenters. The normalized spacial score (nSPS) is 17.1. The van der Waals surface area contributed by atoms with E-state index in [1.165, 1.54) is 4.31 Å². The molecule has 0 saturated carbocycles. The highest BCUT2D eigenvalue weighted by Crippen LogP contribution is 2.30. The van der Waals surface area contributed by atoms with E-state index in [-0.39, 0.29) is 28.8 Å². The summed E-state index contributed by atoms with van der Waals surface area (Å²) < 4.78 is 32.6. The molecule has 0 spiro atoms. The maximum absolute atomic E-state index is 13.2. The van der Waals surface area contributed by atoms with Crippen LogP contribution in [0.4, 0.5) is 17.1 Å². The molecular formula is C22H23N5O4S. The molecule has 0 radical (unpaired) electrons. The Morgan fingerprint density at radius 2 is 1.72 bits per heavy atom. The molecule has 2 aromatic carbocycles. The average molecular weight is 454 g/mol. The van der Waals surface area contributed by atoms with Crippen LogP contribution in [0, 0.1) is 13.8 Å². The molecular weight excluding hydrogens is 430 g/mol. The number of nitrogens with one attached hydrogen (secondary N) is 1. The number of nitrogens with zero attached hydrogens (tertiary/aromatic N) is 4. The highest BCUT2D eigenvalue weighted by molar-refractivity contribution is 7.89. The van der Waals surface area contributed by atoms with E-state index in [2.05, 4.69) is 20.7 Å². The Balaban J connectivity index is 1.46. The van der Waals surface area contributed by atoms with Crippen LogP contribution in [-0.2, 0) is 14.8 Å². The molecule has 2 heterocycles. The van der Waals surface area contributed by atoms with Crippen LogP contribution in [0.5, 0.6) is 0 Å². The molecule has 4 rings (SSSR count). The summed E-state index contributed by atoms with van der Waals surface area (Å²) >= 11 is 0. The molecule has 1 fully saturated rings. The summed E-state index contributed by atoms with van der Waals surface area (Å²) in [5.74, 6) is -0.162. The molecule has 1 aliphatic heterocycles. The standard InChI is InChI=1S/C22H23N5O4S/c1-15-21(16(2)31-26-15)32(29,30)27-14-6-9-20(27)22(28)23-17-10-12-19(13-11-17)25-24-18-7-4-3-5-8-18/h3-5,7-8,10-13,20H,6,9,14H2,1-2H3,(H,23,28)/t20-/m0/s1. The van der Waals surface area contributed by atoms with Crippen LogP contribution in [0.3, 0.4) is 0 Å². The zero-order valence-corrected chi connectivity index (χ0v) is 18.5. The first-order valence-corrected chi connectivity index (χ1v) is 11.6. The summed E-state index contributed by atoms with van der Waals surface area (Å²) in [5.41, 5.74) is 2.21. The second kappa shape index (κ2) is 9.01. The smallest absolute Gasteiger partial charge is 0.249 e. The van der Waals surface area contributed by atoms with Crippen molar-refractivity contribution in [2.75, 3.05) is 11.9 Å². The van der Waals surface area contributed by atoms with Crippen LogP contribution < -0.4 is 5.32 Å². The van der Waals surface area contributed by atoms with Gasteiger partial charge in [-0.25, -0.2) is 8.42 Å². The molecule has 1 amide bonds. The van der Waals surface area contributed by atoms with Crippen molar-refractivity contribution in [1.82, 2.24) is 9.46 Å². The zero-order valence-electron chi connectivity index (χ0n) is 17.7. The molecule has 3 aromatic rings. The van der Waals surface area contributed by atoms with Gasteiger partial charge in [-0.1, -0.05) is 23.4 Å². The van der Waals surface area contributed by atoms with Gasteiger partial charge >= 0.3 is 0 Å². The Kier molecular flexibility index (Phi) is 6.15. The topological polar surface area (TPSA) is 117 Å². The third-order valence-electron chi connectivity index (χ3n) is 5.21. The third-order valence-corrected chi connectivity index (χ3v) is 7.37. The molecule has 0 aliphatic carbocycles. The number of aromatic nitrogens is 1. The number of carbonyl (C=O) groups excluding carboxylic acids is 1. The van der Waals surface area contributed by atoms with Gasteiger partial charge in [0.1, 0.15) is 16.6 Å². The van der Waals surface area contributed by atoms with Gasteiger partial charge < -0.3 is 9.84 Å². The predicted molar refractivity (Wildman–Crippen MR) is 119 cm³/mol. The van der Waals surface area contributed by atoms with Crippen molar-refractivity contribution in [3.63, 3.8) is 0 Å². The average Bonchev–Trinajstić information content (AvgIpc) is 3.41. The van der Waals surface area contributed by atoms with Gasteiger partial charge in [-0.05, 0) is 63.1 Å². The largest absolute Gasteiger partial charge is 0.360 e. The minimum Gasteiger partial charge on any atom is -0.360 e. The molecule has 1 aliphatic rings. The molecule has 1 aromatic heterocycles. The van der Waals surface area contributed by atoms with Gasteiger partial charge in [-0.15, -0.1) is 0 Å². The number of azo groups is 1. The molecule has 32 heavy (non-hydrogen) atoms. The second-order valence-electron chi connectivity index (χ2n) is 7.50. The summed E-state index contributed by atoms with van der Waals surface area (Å²) in [6.07, 6.45) is 1.04. The maximum atomic E-state index is 13.2. The van der Waals surface area contributed by atoms with Crippen molar-refractivity contribution in [1.29, 1.82) is 0 Å². The Morgan fingerprint density at radius 1 is 1.06 bits per heavy atom. The van der Waals surface area contributed by atoms with E-state index in [0.717, 1.165) is 5.69 Å². The Labute approximate surface area is 186 Å². The fourth-order valence-electron chi connectivity index (χ4n) is 3.70. The van der Waals surface area contributed by atoms with E-state index in [1.807, 2.05) is 30.3 Å². The predicted octanol–water partition coefficient (Wildman–Crippen LogP) is 4.50. The summed E-state index contributed by atoms with van der Waals surface area (Å²) in [7, 11) is -3.89. The number of sulfonamides is 1. The lowest BCUT2D eigenvalue weighted by Crippen LogP contribution is -2.43. The monoisotopic (exact) mass is 453 g/mol. The SMILES string of the molecule is Cc1noc(C)c1S(=O)(=O)N1CCC[C@H]1C(=O)Nc1ccc(N=Nc2ccccc2)cc1. The van der Waals surface area contributed by atoms with Gasteiger partial charge in [0.15, 0.2) is 5.76 Å². The van der Waals surface area contributed by atoms with E-state index in [1.54, 1.807) is 38.1 Å². The van der Waals surface area contributed by atoms with Gasteiger partial charge in [-0.2, -0.15) is 14.5 Å². The highest BCUT2D eigenvalue weighted by Gasteiger charge is 2.41. The van der Waals surface area contributed by atoms with Gasteiger partial charge in [0.05, 0.1) is 11.4 Å². The van der Waals surface area contributed by atoms with E-state index in [0.29, 0.717) is 24.2 Å². The van der Waals surface area contributed by atoms with Crippen LogP contribution in [0.25, 0.3) is 0 Å². The first kappa shape index (κ1) is 21.8. The van der Waals surface area contributed by atoms with Crippen LogP contribution in [0.15, 0.2) is 74.2 Å². The van der Waals surface area contributed by atoms with E-state index in [9.17, 15) is 13.2 Å². The summed E-state index contributed by atoms with van der Waals surface area (Å²) in [6, 6.07) is 15.4. The van der Waals surface area contributed by atoms with E-state index >= 15 is 0 Å². The van der Waals surface area contributed by atoms with Crippen LogP contribution in [0.1, 0.15) is 24.3 Å². The second-order valence-corrected chi connectivity index (χ2v) is 9.33. The summed E-state index contributed by atoms with van der Waals surface area (Å²) in [6.45, 7) is 3.39. The molecule has 166 valence electrons. The Bertz CT molecular complexity index is 1220. The van der Waals surface area contributed by atoms with Crippen LogP contribution in [0.2, 0.25) is 0 Å². The molecule has 9 nitrogen and oxygen atoms in total. The zero-order chi connectivity index (χ0) is 22.7. The summed E-state index contributed by atoms with van der Waals surface area (Å²) in [5, 5.41) is 14.9. The molecule has 1 N–H and O–H groups in total. The number of benzene rings is 2. The van der Waals surface area contributed by atoms with Gasteiger partial charge in [-0.3, -0.25) is 4.79 Å². The quantitative estimate of drug-likeness (QED) is 0.552. The first-order valence-electron chi connectivity index (χ1n) is 10.2. The van der Waals surface area contributed by atoms with Crippen molar-refractivity contribution < 1.29 is 17.7 Å². The van der Waals surface area contributed by atoms with Crippen molar-refractivity contribution >= 4 is 33.0 Å². The Morgan fingerprint density at radius 3 is 2.34 bits per heavy atom. The van der Waals surface area contributed by atoms with Crippen LogP contribution >= 0.6 is 0 Å². The molecule has 1 saturated heterocycles. The number of hydrogen-bond donors (Lipinski definition) is 1. The number of aryl methyl sites for hydroxylation is 2.